The van der Waals surface area contributed by atoms with Crippen molar-refractivity contribution in [2.75, 3.05) is 0 Å². The van der Waals surface area contributed by atoms with Gasteiger partial charge in [-0.1, -0.05) is 73.5 Å². The number of rotatable bonds is 9. The third-order valence-electron chi connectivity index (χ3n) is 4.37. The highest BCUT2D eigenvalue weighted by atomic mass is 14.0. The summed E-state index contributed by atoms with van der Waals surface area (Å²) in [5.74, 6) is 13.2. The molecule has 0 saturated carbocycles. The highest BCUT2D eigenvalue weighted by Gasteiger charge is 1.90. The minimum absolute atomic E-state index is 0.975. The standard InChI is InChI=1S/C26H30/c1(3-5-7-9-13-19-25-21-15-11-16-22-25)2-4-6-8-10-14-20-26-23-17-12-18-24-26/h11-12,15-18,21-24H,1-6,13-14,19-20H2. The second-order valence-electron chi connectivity index (χ2n) is 6.59. The molecular weight excluding hydrogens is 312 g/mol. The van der Waals surface area contributed by atoms with E-state index in [-0.39, 0.29) is 0 Å². The summed E-state index contributed by atoms with van der Waals surface area (Å²) in [6, 6.07) is 21.2. The van der Waals surface area contributed by atoms with Gasteiger partial charge in [0.1, 0.15) is 0 Å². The van der Waals surface area contributed by atoms with Crippen molar-refractivity contribution >= 4 is 0 Å². The van der Waals surface area contributed by atoms with E-state index in [1.807, 2.05) is 0 Å². The molecule has 0 radical (unpaired) electrons. The molecule has 0 spiro atoms. The van der Waals surface area contributed by atoms with Gasteiger partial charge in [0.15, 0.2) is 0 Å². The van der Waals surface area contributed by atoms with E-state index < -0.39 is 0 Å². The van der Waals surface area contributed by atoms with Gasteiger partial charge in [-0.2, -0.15) is 0 Å². The lowest BCUT2D eigenvalue weighted by atomic mass is 10.1. The van der Waals surface area contributed by atoms with Crippen LogP contribution in [0.1, 0.15) is 62.5 Å². The zero-order valence-corrected chi connectivity index (χ0v) is 15.8. The lowest BCUT2D eigenvalue weighted by Gasteiger charge is -1.96. The number of aryl methyl sites for hydroxylation is 2. The second kappa shape index (κ2) is 13.8. The predicted octanol–water partition coefficient (Wildman–Crippen LogP) is 6.60. The van der Waals surface area contributed by atoms with Crippen LogP contribution in [0.2, 0.25) is 0 Å². The van der Waals surface area contributed by atoms with Crippen LogP contribution in [0.5, 0.6) is 0 Å². The summed E-state index contributed by atoms with van der Waals surface area (Å²) in [7, 11) is 0. The summed E-state index contributed by atoms with van der Waals surface area (Å²) >= 11 is 0. The molecule has 0 aliphatic rings. The van der Waals surface area contributed by atoms with Gasteiger partial charge in [-0.25, -0.2) is 0 Å². The van der Waals surface area contributed by atoms with Crippen LogP contribution in [0, 0.1) is 23.7 Å². The molecule has 2 aromatic carbocycles. The van der Waals surface area contributed by atoms with Crippen LogP contribution in [0.3, 0.4) is 0 Å². The van der Waals surface area contributed by atoms with Gasteiger partial charge in [0.2, 0.25) is 0 Å². The first kappa shape index (κ1) is 19.9. The van der Waals surface area contributed by atoms with Crippen LogP contribution in [-0.4, -0.2) is 0 Å². The second-order valence-corrected chi connectivity index (χ2v) is 6.59. The number of unbranched alkanes of at least 4 members (excludes halogenated alkanes) is 5. The first-order valence-electron chi connectivity index (χ1n) is 9.94. The first-order chi connectivity index (χ1) is 12.9. The molecular formula is C26H30. The summed E-state index contributed by atoms with van der Waals surface area (Å²) < 4.78 is 0. The van der Waals surface area contributed by atoms with E-state index in [4.69, 9.17) is 0 Å². The largest absolute Gasteiger partial charge is 0.103 e. The monoisotopic (exact) mass is 342 g/mol. The van der Waals surface area contributed by atoms with E-state index in [0.29, 0.717) is 0 Å². The van der Waals surface area contributed by atoms with E-state index in [9.17, 15) is 0 Å². The molecule has 0 heterocycles. The topological polar surface area (TPSA) is 0 Å². The molecule has 0 N–H and O–H groups in total. The fraction of sp³-hybridized carbons (Fsp3) is 0.385. The first-order valence-corrected chi connectivity index (χ1v) is 9.94. The predicted molar refractivity (Wildman–Crippen MR) is 113 cm³/mol. The molecule has 0 fully saturated rings. The van der Waals surface area contributed by atoms with Gasteiger partial charge in [0.05, 0.1) is 0 Å². The molecule has 0 unspecified atom stereocenters. The molecule has 0 heteroatoms. The Balaban J connectivity index is 1.39. The lowest BCUT2D eigenvalue weighted by Crippen LogP contribution is -1.82. The zero-order chi connectivity index (χ0) is 18.1. The molecule has 0 nitrogen and oxygen atoms in total. The third-order valence-corrected chi connectivity index (χ3v) is 4.37. The molecule has 2 aromatic rings. The van der Waals surface area contributed by atoms with E-state index in [0.717, 1.165) is 38.5 Å². The van der Waals surface area contributed by atoms with Gasteiger partial charge in [-0.3, -0.25) is 0 Å². The highest BCUT2D eigenvalue weighted by Crippen LogP contribution is 2.06. The van der Waals surface area contributed by atoms with Gasteiger partial charge in [0, 0.05) is 25.7 Å². The molecule has 0 atom stereocenters. The van der Waals surface area contributed by atoms with E-state index in [1.165, 1.54) is 36.8 Å². The molecule has 26 heavy (non-hydrogen) atoms. The van der Waals surface area contributed by atoms with E-state index in [2.05, 4.69) is 84.3 Å². The molecule has 2 rings (SSSR count). The van der Waals surface area contributed by atoms with Crippen LogP contribution in [0.4, 0.5) is 0 Å². The van der Waals surface area contributed by atoms with Gasteiger partial charge in [0.25, 0.3) is 0 Å². The number of benzene rings is 2. The average Bonchev–Trinajstić information content (AvgIpc) is 2.70. The fourth-order valence-electron chi connectivity index (χ4n) is 2.84. The summed E-state index contributed by atoms with van der Waals surface area (Å²) in [5.41, 5.74) is 2.76. The summed E-state index contributed by atoms with van der Waals surface area (Å²) in [6.45, 7) is 0. The van der Waals surface area contributed by atoms with Crippen molar-refractivity contribution in [1.29, 1.82) is 0 Å². The number of hydrogen-bond acceptors (Lipinski definition) is 0. The Morgan fingerprint density at radius 3 is 1.23 bits per heavy atom. The van der Waals surface area contributed by atoms with Crippen molar-refractivity contribution in [2.45, 2.75) is 64.2 Å². The quantitative estimate of drug-likeness (QED) is 0.356. The van der Waals surface area contributed by atoms with Crippen LogP contribution < -0.4 is 0 Å². The molecule has 0 saturated heterocycles. The molecule has 0 aliphatic heterocycles. The maximum absolute atomic E-state index is 3.31. The van der Waals surface area contributed by atoms with Gasteiger partial charge < -0.3 is 0 Å². The van der Waals surface area contributed by atoms with E-state index in [1.54, 1.807) is 0 Å². The molecule has 0 amide bonds. The van der Waals surface area contributed by atoms with Crippen molar-refractivity contribution in [3.8, 4) is 23.7 Å². The van der Waals surface area contributed by atoms with Gasteiger partial charge in [-0.05, 0) is 36.8 Å². The van der Waals surface area contributed by atoms with E-state index >= 15 is 0 Å². The SMILES string of the molecule is C(#CCCc1ccccc1)CCCCCCC#CCCc1ccccc1. The summed E-state index contributed by atoms with van der Waals surface area (Å²) in [6.07, 6.45) is 11.2. The smallest absolute Gasteiger partial charge is 0.0129 e. The minimum Gasteiger partial charge on any atom is -0.103 e. The Morgan fingerprint density at radius 2 is 0.808 bits per heavy atom. The summed E-state index contributed by atoms with van der Waals surface area (Å²) in [4.78, 5) is 0. The molecule has 134 valence electrons. The van der Waals surface area contributed by atoms with Gasteiger partial charge >= 0.3 is 0 Å². The van der Waals surface area contributed by atoms with Crippen molar-refractivity contribution in [3.63, 3.8) is 0 Å². The van der Waals surface area contributed by atoms with Crippen molar-refractivity contribution in [1.82, 2.24) is 0 Å². The third kappa shape index (κ3) is 9.76. The van der Waals surface area contributed by atoms with Crippen LogP contribution in [0.25, 0.3) is 0 Å². The molecule has 0 bridgehead atoms. The zero-order valence-electron chi connectivity index (χ0n) is 15.8. The van der Waals surface area contributed by atoms with Crippen molar-refractivity contribution in [3.05, 3.63) is 71.8 Å². The normalized spacial score (nSPS) is 9.69. The molecule has 0 aliphatic carbocycles. The highest BCUT2D eigenvalue weighted by molar-refractivity contribution is 5.17. The maximum Gasteiger partial charge on any atom is 0.0129 e. The van der Waals surface area contributed by atoms with Crippen LogP contribution in [-0.2, 0) is 12.8 Å². The average molecular weight is 343 g/mol. The lowest BCUT2D eigenvalue weighted by molar-refractivity contribution is 0.660. The van der Waals surface area contributed by atoms with Crippen LogP contribution >= 0.6 is 0 Å². The Bertz CT molecular complexity index is 639. The Morgan fingerprint density at radius 1 is 0.423 bits per heavy atom. The Kier molecular flexibility index (Phi) is 10.6. The van der Waals surface area contributed by atoms with Gasteiger partial charge in [-0.15, -0.1) is 23.7 Å². The maximum atomic E-state index is 3.31. The fourth-order valence-corrected chi connectivity index (χ4v) is 2.84. The Hall–Kier alpha value is -2.44. The van der Waals surface area contributed by atoms with Crippen LogP contribution in [0.15, 0.2) is 60.7 Å². The summed E-state index contributed by atoms with van der Waals surface area (Å²) in [5, 5.41) is 0. The molecule has 0 aromatic heterocycles. The minimum atomic E-state index is 0.975. The Labute approximate surface area is 160 Å². The van der Waals surface area contributed by atoms with Crippen molar-refractivity contribution < 1.29 is 0 Å². The van der Waals surface area contributed by atoms with Crippen molar-refractivity contribution in [2.24, 2.45) is 0 Å². The number of hydrogen-bond donors (Lipinski definition) is 0.